The topological polar surface area (TPSA) is 76.7 Å². The van der Waals surface area contributed by atoms with E-state index in [0.29, 0.717) is 5.56 Å². The fraction of sp³-hybridized carbons (Fsp3) is 0.467. The monoisotopic (exact) mass is 294 g/mol. The summed E-state index contributed by atoms with van der Waals surface area (Å²) < 4.78 is 10.1. The average molecular weight is 294 g/mol. The van der Waals surface area contributed by atoms with Gasteiger partial charge in [0.25, 0.3) is 0 Å². The molecular formula is C15H22N2O4. The van der Waals surface area contributed by atoms with Gasteiger partial charge in [-0.25, -0.2) is 15.0 Å². The zero-order valence-corrected chi connectivity index (χ0v) is 12.8. The Balaban J connectivity index is 2.71. The molecule has 0 aliphatic rings. The molecule has 1 aromatic rings. The molecule has 21 heavy (non-hydrogen) atoms. The number of hydrazine groups is 1. The van der Waals surface area contributed by atoms with Gasteiger partial charge in [-0.05, 0) is 33.3 Å². The number of ether oxygens (including phenoxy) is 2. The van der Waals surface area contributed by atoms with E-state index in [2.05, 4.69) is 10.9 Å². The van der Waals surface area contributed by atoms with Crippen molar-refractivity contribution >= 4 is 12.1 Å². The summed E-state index contributed by atoms with van der Waals surface area (Å²) in [4.78, 5) is 23.6. The number of hydrogen-bond donors (Lipinski definition) is 2. The number of carbonyl (C=O) groups is 2. The highest BCUT2D eigenvalue weighted by atomic mass is 16.6. The predicted octanol–water partition coefficient (Wildman–Crippen LogP) is 2.32. The molecule has 6 nitrogen and oxygen atoms in total. The van der Waals surface area contributed by atoms with E-state index in [0.717, 1.165) is 0 Å². The number of benzene rings is 1. The minimum atomic E-state index is -0.793. The molecule has 0 bridgehead atoms. The highest BCUT2D eigenvalue weighted by Gasteiger charge is 2.23. The van der Waals surface area contributed by atoms with Gasteiger partial charge in [-0.1, -0.05) is 30.3 Å². The van der Waals surface area contributed by atoms with Crippen molar-refractivity contribution < 1.29 is 19.1 Å². The largest absolute Gasteiger partial charge is 0.465 e. The van der Waals surface area contributed by atoms with Crippen molar-refractivity contribution in [1.29, 1.82) is 0 Å². The summed E-state index contributed by atoms with van der Waals surface area (Å²) in [5.41, 5.74) is 5.08. The standard InChI is InChI=1S/C15H22N2O4/c1-5-20-13(18)12(11-9-7-6-8-10-11)16-17-14(19)21-15(2,3)4/h6-10,12,16H,5H2,1-4H3,(H,17,19)/t12-/m0/s1. The van der Waals surface area contributed by atoms with Gasteiger partial charge in [0.2, 0.25) is 0 Å². The first-order valence-electron chi connectivity index (χ1n) is 6.79. The fourth-order valence-corrected chi connectivity index (χ4v) is 1.58. The molecule has 0 radical (unpaired) electrons. The molecule has 1 atom stereocenters. The average Bonchev–Trinajstić information content (AvgIpc) is 2.38. The van der Waals surface area contributed by atoms with Crippen LogP contribution in [-0.2, 0) is 14.3 Å². The molecule has 116 valence electrons. The molecule has 0 saturated heterocycles. The van der Waals surface area contributed by atoms with Gasteiger partial charge in [-0.15, -0.1) is 0 Å². The third kappa shape index (κ3) is 6.27. The first kappa shape index (κ1) is 17.0. The summed E-state index contributed by atoms with van der Waals surface area (Å²) in [6, 6.07) is 8.19. The smallest absolute Gasteiger partial charge is 0.422 e. The Hall–Kier alpha value is -2.08. The Morgan fingerprint density at radius 1 is 1.19 bits per heavy atom. The van der Waals surface area contributed by atoms with Crippen LogP contribution in [0.3, 0.4) is 0 Å². The number of rotatable bonds is 5. The molecule has 0 aliphatic heterocycles. The van der Waals surface area contributed by atoms with Crippen LogP contribution in [0, 0.1) is 0 Å². The van der Waals surface area contributed by atoms with Crippen molar-refractivity contribution in [2.75, 3.05) is 6.61 Å². The second-order valence-electron chi connectivity index (χ2n) is 5.37. The molecule has 6 heteroatoms. The molecule has 1 rings (SSSR count). The van der Waals surface area contributed by atoms with Crippen LogP contribution in [0.2, 0.25) is 0 Å². The van der Waals surface area contributed by atoms with E-state index in [1.807, 2.05) is 6.07 Å². The normalized spacial score (nSPS) is 12.4. The zero-order valence-electron chi connectivity index (χ0n) is 12.8. The molecule has 0 aliphatic carbocycles. The predicted molar refractivity (Wildman–Crippen MR) is 78.3 cm³/mol. The molecule has 1 amide bonds. The third-order valence-electron chi connectivity index (χ3n) is 2.37. The number of hydrogen-bond acceptors (Lipinski definition) is 5. The third-order valence-corrected chi connectivity index (χ3v) is 2.37. The van der Waals surface area contributed by atoms with E-state index in [1.165, 1.54) is 0 Å². The first-order chi connectivity index (χ1) is 9.83. The van der Waals surface area contributed by atoms with E-state index < -0.39 is 23.7 Å². The molecular weight excluding hydrogens is 272 g/mol. The number of amides is 1. The van der Waals surface area contributed by atoms with Crippen LogP contribution >= 0.6 is 0 Å². The van der Waals surface area contributed by atoms with Crippen molar-refractivity contribution in [2.24, 2.45) is 0 Å². The van der Waals surface area contributed by atoms with Crippen LogP contribution in [0.5, 0.6) is 0 Å². The lowest BCUT2D eigenvalue weighted by atomic mass is 10.1. The van der Waals surface area contributed by atoms with Crippen LogP contribution in [0.15, 0.2) is 30.3 Å². The van der Waals surface area contributed by atoms with Gasteiger partial charge in [0.15, 0.2) is 0 Å². The van der Waals surface area contributed by atoms with Gasteiger partial charge in [0.05, 0.1) is 6.61 Å². The zero-order chi connectivity index (χ0) is 15.9. The van der Waals surface area contributed by atoms with E-state index >= 15 is 0 Å². The number of carbonyl (C=O) groups excluding carboxylic acids is 2. The molecule has 0 fully saturated rings. The summed E-state index contributed by atoms with van der Waals surface area (Å²) in [5.74, 6) is -0.472. The van der Waals surface area contributed by atoms with Gasteiger partial charge in [0, 0.05) is 0 Å². The lowest BCUT2D eigenvalue weighted by Crippen LogP contribution is -2.45. The Morgan fingerprint density at radius 2 is 1.81 bits per heavy atom. The van der Waals surface area contributed by atoms with Crippen molar-refractivity contribution in [3.05, 3.63) is 35.9 Å². The first-order valence-corrected chi connectivity index (χ1v) is 6.79. The lowest BCUT2D eigenvalue weighted by molar-refractivity contribution is -0.146. The minimum absolute atomic E-state index is 0.260. The van der Waals surface area contributed by atoms with Crippen molar-refractivity contribution in [2.45, 2.75) is 39.3 Å². The maximum absolute atomic E-state index is 12.0. The van der Waals surface area contributed by atoms with Gasteiger partial charge >= 0.3 is 12.1 Å². The summed E-state index contributed by atoms with van der Waals surface area (Å²) in [6.45, 7) is 7.25. The van der Waals surface area contributed by atoms with Crippen LogP contribution < -0.4 is 10.9 Å². The highest BCUT2D eigenvalue weighted by Crippen LogP contribution is 2.14. The second kappa shape index (κ2) is 7.64. The van der Waals surface area contributed by atoms with Gasteiger partial charge < -0.3 is 9.47 Å². The molecule has 0 unspecified atom stereocenters. The maximum atomic E-state index is 12.0. The quantitative estimate of drug-likeness (QED) is 0.644. The minimum Gasteiger partial charge on any atom is -0.465 e. The highest BCUT2D eigenvalue weighted by molar-refractivity contribution is 5.78. The number of esters is 1. The second-order valence-corrected chi connectivity index (χ2v) is 5.37. The Bertz CT molecular complexity index is 468. The Morgan fingerprint density at radius 3 is 2.33 bits per heavy atom. The molecule has 0 saturated carbocycles. The van der Waals surface area contributed by atoms with E-state index in [4.69, 9.17) is 9.47 Å². The SMILES string of the molecule is CCOC(=O)[C@@H](NNC(=O)OC(C)(C)C)c1ccccc1. The van der Waals surface area contributed by atoms with Crippen molar-refractivity contribution in [1.82, 2.24) is 10.9 Å². The molecule has 0 heterocycles. The summed E-state index contributed by atoms with van der Waals surface area (Å²) in [6.07, 6.45) is -0.660. The van der Waals surface area contributed by atoms with E-state index in [9.17, 15) is 9.59 Å². The van der Waals surface area contributed by atoms with Crippen molar-refractivity contribution in [3.8, 4) is 0 Å². The van der Waals surface area contributed by atoms with E-state index in [-0.39, 0.29) is 6.61 Å². The van der Waals surface area contributed by atoms with Gasteiger partial charge in [-0.3, -0.25) is 5.43 Å². The maximum Gasteiger partial charge on any atom is 0.422 e. The van der Waals surface area contributed by atoms with Gasteiger partial charge in [0.1, 0.15) is 11.6 Å². The Labute approximate surface area is 124 Å². The van der Waals surface area contributed by atoms with Crippen LogP contribution in [0.1, 0.15) is 39.3 Å². The summed E-state index contributed by atoms with van der Waals surface area (Å²) in [7, 11) is 0. The van der Waals surface area contributed by atoms with Gasteiger partial charge in [-0.2, -0.15) is 0 Å². The van der Waals surface area contributed by atoms with Crippen molar-refractivity contribution in [3.63, 3.8) is 0 Å². The van der Waals surface area contributed by atoms with Crippen LogP contribution in [0.4, 0.5) is 4.79 Å². The molecule has 2 N–H and O–H groups in total. The van der Waals surface area contributed by atoms with Crippen LogP contribution in [-0.4, -0.2) is 24.3 Å². The number of nitrogens with one attached hydrogen (secondary N) is 2. The lowest BCUT2D eigenvalue weighted by Gasteiger charge is -2.22. The fourth-order valence-electron chi connectivity index (χ4n) is 1.58. The Kier molecular flexibility index (Phi) is 6.17. The summed E-state index contributed by atoms with van der Waals surface area (Å²) in [5, 5.41) is 0. The summed E-state index contributed by atoms with van der Waals surface area (Å²) >= 11 is 0. The van der Waals surface area contributed by atoms with E-state index in [1.54, 1.807) is 52.0 Å². The molecule has 0 aromatic heterocycles. The molecule has 0 spiro atoms. The van der Waals surface area contributed by atoms with Crippen LogP contribution in [0.25, 0.3) is 0 Å². The molecule has 1 aromatic carbocycles.